The molecule has 380 valence electrons. The quantitative estimate of drug-likeness (QED) is 0.0242. The number of rotatable bonds is 37. The van der Waals surface area contributed by atoms with E-state index in [-0.39, 0.29) is 18.9 Å². The molecule has 14 nitrogen and oxygen atoms in total. The van der Waals surface area contributed by atoms with Crippen molar-refractivity contribution < 1.29 is 64.6 Å². The summed E-state index contributed by atoms with van der Waals surface area (Å²) in [5.41, 5.74) is 0. The first-order valence-electron chi connectivity index (χ1n) is 25.2. The third kappa shape index (κ3) is 25.2. The maximum absolute atomic E-state index is 13.2. The van der Waals surface area contributed by atoms with Crippen LogP contribution in [0.2, 0.25) is 0 Å². The zero-order valence-electron chi connectivity index (χ0n) is 40.2. The second-order valence-electron chi connectivity index (χ2n) is 17.6. The minimum absolute atomic E-state index is 0.253. The van der Waals surface area contributed by atoms with Gasteiger partial charge in [0.1, 0.15) is 48.8 Å². The van der Waals surface area contributed by atoms with Crippen molar-refractivity contribution in [1.29, 1.82) is 0 Å². The van der Waals surface area contributed by atoms with Crippen LogP contribution in [-0.4, -0.2) is 140 Å². The smallest absolute Gasteiger partial charge is 0.220 e. The maximum Gasteiger partial charge on any atom is 0.220 e. The van der Waals surface area contributed by atoms with Crippen molar-refractivity contribution in [3.63, 3.8) is 0 Å². The summed E-state index contributed by atoms with van der Waals surface area (Å²) in [5.74, 6) is -0.268. The first-order chi connectivity index (χ1) is 32.1. The Hall–Kier alpha value is -2.57. The molecular weight excluding hydrogens is 847 g/mol. The number of amides is 1. The van der Waals surface area contributed by atoms with E-state index < -0.39 is 86.8 Å². The van der Waals surface area contributed by atoms with Crippen LogP contribution in [0.15, 0.2) is 72.9 Å². The number of hydrogen-bond donors (Lipinski definition) is 9. The van der Waals surface area contributed by atoms with E-state index in [1.165, 1.54) is 44.9 Å². The van der Waals surface area contributed by atoms with Crippen molar-refractivity contribution in [2.24, 2.45) is 0 Å². The van der Waals surface area contributed by atoms with Gasteiger partial charge < -0.3 is 65.1 Å². The number of unbranched alkanes of at least 4 members (excludes halogenated alkanes) is 14. The molecule has 2 heterocycles. The molecule has 2 fully saturated rings. The number of allylic oxidation sites excluding steroid dienone is 11. The van der Waals surface area contributed by atoms with Crippen LogP contribution in [0.1, 0.15) is 155 Å². The van der Waals surface area contributed by atoms with E-state index in [1.807, 2.05) is 6.08 Å². The van der Waals surface area contributed by atoms with Crippen LogP contribution < -0.4 is 5.32 Å². The summed E-state index contributed by atoms with van der Waals surface area (Å²) < 4.78 is 22.6. The van der Waals surface area contributed by atoms with Gasteiger partial charge in [-0.25, -0.2) is 0 Å². The molecule has 2 aliphatic rings. The summed E-state index contributed by atoms with van der Waals surface area (Å²) >= 11 is 0. The van der Waals surface area contributed by atoms with Gasteiger partial charge in [-0.2, -0.15) is 0 Å². The number of carbonyl (C=O) groups is 1. The highest BCUT2D eigenvalue weighted by atomic mass is 16.7. The molecule has 0 aromatic heterocycles. The summed E-state index contributed by atoms with van der Waals surface area (Å²) in [6, 6.07) is -0.941. The minimum Gasteiger partial charge on any atom is -0.394 e. The Morgan fingerprint density at radius 2 is 1.06 bits per heavy atom. The van der Waals surface area contributed by atoms with Crippen molar-refractivity contribution >= 4 is 5.91 Å². The van der Waals surface area contributed by atoms with Crippen LogP contribution in [0.5, 0.6) is 0 Å². The fourth-order valence-electron chi connectivity index (χ4n) is 7.77. The van der Waals surface area contributed by atoms with Gasteiger partial charge in [0.2, 0.25) is 5.91 Å². The molecule has 0 aromatic rings. The summed E-state index contributed by atoms with van der Waals surface area (Å²) in [5, 5.41) is 86.6. The molecule has 66 heavy (non-hydrogen) atoms. The summed E-state index contributed by atoms with van der Waals surface area (Å²) in [6.45, 7) is 2.61. The summed E-state index contributed by atoms with van der Waals surface area (Å²) in [6.07, 6.45) is 30.8. The molecule has 1 amide bonds. The lowest BCUT2D eigenvalue weighted by Crippen LogP contribution is -2.65. The average molecular weight is 936 g/mol. The highest BCUT2D eigenvalue weighted by molar-refractivity contribution is 5.76. The Bertz CT molecular complexity index is 1380. The number of ether oxygens (including phenoxy) is 4. The third-order valence-corrected chi connectivity index (χ3v) is 11.9. The zero-order valence-corrected chi connectivity index (χ0v) is 40.2. The standard InChI is InChI=1S/C52H89NO13/c1-3-5-7-9-11-13-15-17-18-19-20-21-22-24-26-28-30-32-34-36-44(57)53-40(41(56)35-33-31-29-27-25-23-16-14-12-10-8-6-4-2)39-63-51-49(62)47(60)50(43(38-55)65-51)66-52-48(61)46(59)45(58)42(37-54)64-52/h5,7,11,13,17-18,20-21,25,27,33,35,40-43,45-52,54-56,58-62H,3-4,6,8-10,12,14-16,19,22-24,26,28-32,34,36-39H2,1-2H3,(H,53,57)/b7-5-,13-11-,18-17-,21-20-,27-25+,35-33+. The van der Waals surface area contributed by atoms with Crippen LogP contribution in [0.3, 0.4) is 0 Å². The summed E-state index contributed by atoms with van der Waals surface area (Å²) in [4.78, 5) is 13.2. The molecule has 0 saturated carbocycles. The molecule has 0 spiro atoms. The number of hydrogen-bond acceptors (Lipinski definition) is 13. The molecule has 9 N–H and O–H groups in total. The molecule has 2 aliphatic heterocycles. The van der Waals surface area contributed by atoms with Gasteiger partial charge >= 0.3 is 0 Å². The monoisotopic (exact) mass is 936 g/mol. The highest BCUT2D eigenvalue weighted by Gasteiger charge is 2.51. The van der Waals surface area contributed by atoms with Crippen molar-refractivity contribution in [3.8, 4) is 0 Å². The van der Waals surface area contributed by atoms with E-state index in [0.29, 0.717) is 12.8 Å². The lowest BCUT2D eigenvalue weighted by atomic mass is 9.97. The van der Waals surface area contributed by atoms with Crippen molar-refractivity contribution in [3.05, 3.63) is 72.9 Å². The van der Waals surface area contributed by atoms with Gasteiger partial charge in [0, 0.05) is 6.42 Å². The van der Waals surface area contributed by atoms with Gasteiger partial charge in [-0.05, 0) is 70.6 Å². The molecule has 0 bridgehead atoms. The van der Waals surface area contributed by atoms with E-state index >= 15 is 0 Å². The largest absolute Gasteiger partial charge is 0.394 e. The number of aliphatic hydroxyl groups excluding tert-OH is 8. The normalized spacial score (nSPS) is 27.4. The lowest BCUT2D eigenvalue weighted by molar-refractivity contribution is -0.359. The SMILES string of the molecule is CC/C=C\C/C=C\C/C=C\C/C=C\CCCCCCCCC(=O)NC(COC1OC(CO)C(OC2OC(CO)C(O)C(O)C2O)C(O)C1O)C(O)/C=C/CC/C=C/CCCCCCCCC. The molecule has 14 heteroatoms. The van der Waals surface area contributed by atoms with Crippen molar-refractivity contribution in [2.75, 3.05) is 19.8 Å². The molecule has 2 rings (SSSR count). The Morgan fingerprint density at radius 1 is 0.561 bits per heavy atom. The Labute approximate surface area is 396 Å². The van der Waals surface area contributed by atoms with Crippen molar-refractivity contribution in [1.82, 2.24) is 5.32 Å². The van der Waals surface area contributed by atoms with Gasteiger partial charge in [-0.15, -0.1) is 0 Å². The fraction of sp³-hybridized carbons (Fsp3) is 0.750. The third-order valence-electron chi connectivity index (χ3n) is 11.9. The molecule has 0 radical (unpaired) electrons. The van der Waals surface area contributed by atoms with E-state index in [2.05, 4.69) is 79.9 Å². The van der Waals surface area contributed by atoms with Gasteiger partial charge in [-0.1, -0.05) is 151 Å². The van der Waals surface area contributed by atoms with E-state index in [4.69, 9.17) is 18.9 Å². The van der Waals surface area contributed by atoms with Gasteiger partial charge in [0.05, 0.1) is 32.0 Å². The van der Waals surface area contributed by atoms with E-state index in [1.54, 1.807) is 6.08 Å². The van der Waals surface area contributed by atoms with Crippen LogP contribution in [-0.2, 0) is 23.7 Å². The zero-order chi connectivity index (χ0) is 48.2. The number of nitrogens with one attached hydrogen (secondary N) is 1. The lowest BCUT2D eigenvalue weighted by Gasteiger charge is -2.46. The molecule has 0 aromatic carbocycles. The molecule has 0 aliphatic carbocycles. The first kappa shape index (κ1) is 59.6. The molecular formula is C52H89NO13. The Morgan fingerprint density at radius 3 is 1.67 bits per heavy atom. The Balaban J connectivity index is 1.86. The van der Waals surface area contributed by atoms with Crippen LogP contribution in [0.25, 0.3) is 0 Å². The van der Waals surface area contributed by atoms with Gasteiger partial charge in [-0.3, -0.25) is 4.79 Å². The van der Waals surface area contributed by atoms with E-state index in [0.717, 1.165) is 77.0 Å². The number of aliphatic hydroxyl groups is 8. The average Bonchev–Trinajstić information content (AvgIpc) is 3.31. The number of carbonyl (C=O) groups excluding carboxylic acids is 1. The minimum atomic E-state index is -1.79. The topological polar surface area (TPSA) is 228 Å². The van der Waals surface area contributed by atoms with Crippen LogP contribution >= 0.6 is 0 Å². The van der Waals surface area contributed by atoms with Crippen molar-refractivity contribution in [2.45, 2.75) is 229 Å². The van der Waals surface area contributed by atoms with Crippen LogP contribution in [0.4, 0.5) is 0 Å². The predicted molar refractivity (Wildman–Crippen MR) is 258 cm³/mol. The molecule has 12 atom stereocenters. The van der Waals surface area contributed by atoms with Gasteiger partial charge in [0.15, 0.2) is 12.6 Å². The first-order valence-corrected chi connectivity index (χ1v) is 25.2. The van der Waals surface area contributed by atoms with Gasteiger partial charge in [0.25, 0.3) is 0 Å². The van der Waals surface area contributed by atoms with E-state index in [9.17, 15) is 45.6 Å². The highest BCUT2D eigenvalue weighted by Crippen LogP contribution is 2.30. The maximum atomic E-state index is 13.2. The molecule has 12 unspecified atom stereocenters. The second-order valence-corrected chi connectivity index (χ2v) is 17.6. The second kappa shape index (κ2) is 38.3. The summed E-state index contributed by atoms with van der Waals surface area (Å²) in [7, 11) is 0. The predicted octanol–water partition coefficient (Wildman–Crippen LogP) is 6.43. The van der Waals surface area contributed by atoms with Crippen LogP contribution in [0, 0.1) is 0 Å². The molecule has 2 saturated heterocycles. The fourth-order valence-corrected chi connectivity index (χ4v) is 7.77. The Kier molecular flexibility index (Phi) is 34.6.